The van der Waals surface area contributed by atoms with E-state index in [1.807, 2.05) is 6.07 Å². The van der Waals surface area contributed by atoms with E-state index in [9.17, 15) is 9.18 Å². The van der Waals surface area contributed by atoms with Crippen LogP contribution >= 0.6 is 0 Å². The van der Waals surface area contributed by atoms with Crippen molar-refractivity contribution in [2.75, 3.05) is 21.3 Å². The lowest BCUT2D eigenvalue weighted by Crippen LogP contribution is -2.42. The van der Waals surface area contributed by atoms with Crippen LogP contribution in [-0.2, 0) is 14.3 Å². The molecule has 0 aromatic heterocycles. The summed E-state index contributed by atoms with van der Waals surface area (Å²) in [5.41, 5.74) is 1.77. The SMILES string of the molecule is COc1ccc(C2CC(=O)N2)c(C(OC)OC)c1[C@@H](C)F. The van der Waals surface area contributed by atoms with E-state index >= 15 is 0 Å². The largest absolute Gasteiger partial charge is 0.496 e. The minimum atomic E-state index is -1.25. The molecule has 116 valence electrons. The number of carbonyl (C=O) groups excluding carboxylic acids is 1. The zero-order chi connectivity index (χ0) is 15.6. The van der Waals surface area contributed by atoms with Crippen LogP contribution in [0.5, 0.6) is 5.75 Å². The standard InChI is InChI=1S/C15H20FNO4/c1-8(16)13-11(19-2)6-5-9(10-7-12(18)17-10)14(13)15(20-3)21-4/h5-6,8,10,15H,7H2,1-4H3,(H,17,18)/t8-,10?/m1/s1. The first-order chi connectivity index (χ1) is 10.0. The van der Waals surface area contributed by atoms with Crippen LogP contribution in [0.4, 0.5) is 4.39 Å². The second-order valence-corrected chi connectivity index (χ2v) is 4.93. The Morgan fingerprint density at radius 3 is 2.29 bits per heavy atom. The van der Waals surface area contributed by atoms with Gasteiger partial charge in [0.25, 0.3) is 0 Å². The van der Waals surface area contributed by atoms with Crippen LogP contribution in [0.15, 0.2) is 12.1 Å². The summed E-state index contributed by atoms with van der Waals surface area (Å²) < 4.78 is 30.0. The van der Waals surface area contributed by atoms with Gasteiger partial charge in [0.15, 0.2) is 6.29 Å². The van der Waals surface area contributed by atoms with Gasteiger partial charge < -0.3 is 19.5 Å². The van der Waals surface area contributed by atoms with Crippen LogP contribution in [0.25, 0.3) is 0 Å². The molecule has 0 aliphatic carbocycles. The maximum atomic E-state index is 14.1. The second-order valence-electron chi connectivity index (χ2n) is 4.93. The monoisotopic (exact) mass is 297 g/mol. The molecule has 1 saturated heterocycles. The summed E-state index contributed by atoms with van der Waals surface area (Å²) in [5.74, 6) is 0.413. The third-order valence-electron chi connectivity index (χ3n) is 3.66. The van der Waals surface area contributed by atoms with Gasteiger partial charge in [0.1, 0.15) is 11.9 Å². The zero-order valence-corrected chi connectivity index (χ0v) is 12.6. The number of ether oxygens (including phenoxy) is 3. The molecule has 0 saturated carbocycles. The molecule has 0 bridgehead atoms. The molecule has 1 N–H and O–H groups in total. The normalized spacial score (nSPS) is 19.1. The highest BCUT2D eigenvalue weighted by molar-refractivity contribution is 5.83. The van der Waals surface area contributed by atoms with E-state index < -0.39 is 12.5 Å². The van der Waals surface area contributed by atoms with Crippen LogP contribution in [0.2, 0.25) is 0 Å². The van der Waals surface area contributed by atoms with Crippen molar-refractivity contribution < 1.29 is 23.4 Å². The molecule has 2 atom stereocenters. The number of benzene rings is 1. The number of methoxy groups -OCH3 is 3. The second kappa shape index (κ2) is 6.41. The summed E-state index contributed by atoms with van der Waals surface area (Å²) in [7, 11) is 4.47. The first-order valence-corrected chi connectivity index (χ1v) is 6.73. The van der Waals surface area contributed by atoms with Crippen LogP contribution in [0, 0.1) is 0 Å². The highest BCUT2D eigenvalue weighted by Crippen LogP contribution is 2.41. The lowest BCUT2D eigenvalue weighted by Gasteiger charge is -2.32. The van der Waals surface area contributed by atoms with Gasteiger partial charge in [-0.05, 0) is 18.6 Å². The van der Waals surface area contributed by atoms with Crippen LogP contribution in [0.1, 0.15) is 48.5 Å². The van der Waals surface area contributed by atoms with Gasteiger partial charge in [0.2, 0.25) is 5.91 Å². The van der Waals surface area contributed by atoms with Crippen molar-refractivity contribution in [3.05, 3.63) is 28.8 Å². The molecule has 6 heteroatoms. The molecule has 1 aromatic carbocycles. The van der Waals surface area contributed by atoms with Crippen molar-refractivity contribution in [3.8, 4) is 5.75 Å². The summed E-state index contributed by atoms with van der Waals surface area (Å²) in [6.45, 7) is 1.44. The van der Waals surface area contributed by atoms with E-state index in [1.165, 1.54) is 28.3 Å². The molecule has 1 fully saturated rings. The molecular weight excluding hydrogens is 277 g/mol. The predicted octanol–water partition coefficient (Wildman–Crippen LogP) is 2.58. The quantitative estimate of drug-likeness (QED) is 0.647. The summed E-state index contributed by atoms with van der Waals surface area (Å²) in [6.07, 6.45) is -1.60. The van der Waals surface area contributed by atoms with Gasteiger partial charge in [0.05, 0.1) is 19.6 Å². The van der Waals surface area contributed by atoms with Crippen molar-refractivity contribution in [3.63, 3.8) is 0 Å². The average Bonchev–Trinajstić information content (AvgIpc) is 2.44. The number of halogens is 1. The van der Waals surface area contributed by atoms with Gasteiger partial charge in [-0.1, -0.05) is 6.07 Å². The summed E-state index contributed by atoms with van der Waals surface area (Å²) in [6, 6.07) is 3.37. The van der Waals surface area contributed by atoms with Gasteiger partial charge in [0, 0.05) is 25.3 Å². The number of β-lactam (4-membered cyclic amide) rings is 1. The summed E-state index contributed by atoms with van der Waals surface area (Å²) >= 11 is 0. The Morgan fingerprint density at radius 1 is 1.24 bits per heavy atom. The number of nitrogens with one attached hydrogen (secondary N) is 1. The van der Waals surface area contributed by atoms with Crippen LogP contribution in [-0.4, -0.2) is 27.2 Å². The first-order valence-electron chi connectivity index (χ1n) is 6.73. The van der Waals surface area contributed by atoms with Gasteiger partial charge in [-0.15, -0.1) is 0 Å². The molecule has 21 heavy (non-hydrogen) atoms. The Labute approximate surface area is 123 Å². The van der Waals surface area contributed by atoms with E-state index in [0.29, 0.717) is 23.3 Å². The summed E-state index contributed by atoms with van der Waals surface area (Å²) in [4.78, 5) is 11.2. The molecule has 1 heterocycles. The van der Waals surface area contributed by atoms with E-state index in [-0.39, 0.29) is 11.9 Å². The van der Waals surface area contributed by atoms with E-state index in [0.717, 1.165) is 5.56 Å². The molecule has 1 aromatic rings. The lowest BCUT2D eigenvalue weighted by atomic mass is 9.88. The van der Waals surface area contributed by atoms with Gasteiger partial charge in [-0.25, -0.2) is 4.39 Å². The third kappa shape index (κ3) is 2.87. The first kappa shape index (κ1) is 15.7. The minimum absolute atomic E-state index is 0.0250. The van der Waals surface area contributed by atoms with Crippen molar-refractivity contribution in [1.29, 1.82) is 0 Å². The third-order valence-corrected chi connectivity index (χ3v) is 3.66. The number of amides is 1. The van der Waals surface area contributed by atoms with E-state index in [2.05, 4.69) is 5.32 Å². The van der Waals surface area contributed by atoms with Gasteiger partial charge >= 0.3 is 0 Å². The van der Waals surface area contributed by atoms with Crippen molar-refractivity contribution >= 4 is 5.91 Å². The Bertz CT molecular complexity index is 521. The van der Waals surface area contributed by atoms with Crippen molar-refractivity contribution in [1.82, 2.24) is 5.32 Å². The minimum Gasteiger partial charge on any atom is -0.496 e. The summed E-state index contributed by atoms with van der Waals surface area (Å²) in [5, 5.41) is 2.79. The molecule has 2 rings (SSSR count). The fourth-order valence-corrected chi connectivity index (χ4v) is 2.67. The number of carbonyl (C=O) groups is 1. The van der Waals surface area contributed by atoms with Gasteiger partial charge in [-0.3, -0.25) is 4.79 Å². The highest BCUT2D eigenvalue weighted by atomic mass is 19.1. The smallest absolute Gasteiger partial charge is 0.222 e. The number of hydrogen-bond acceptors (Lipinski definition) is 4. The number of hydrogen-bond donors (Lipinski definition) is 1. The van der Waals surface area contributed by atoms with Crippen molar-refractivity contribution in [2.24, 2.45) is 0 Å². The zero-order valence-electron chi connectivity index (χ0n) is 12.6. The molecule has 0 radical (unpaired) electrons. The molecule has 1 aliphatic heterocycles. The fraction of sp³-hybridized carbons (Fsp3) is 0.533. The lowest BCUT2D eigenvalue weighted by molar-refractivity contribution is -0.128. The maximum Gasteiger partial charge on any atom is 0.222 e. The predicted molar refractivity (Wildman–Crippen MR) is 74.8 cm³/mol. The van der Waals surface area contributed by atoms with E-state index in [1.54, 1.807) is 6.07 Å². The van der Waals surface area contributed by atoms with Crippen molar-refractivity contribution in [2.45, 2.75) is 31.8 Å². The Balaban J connectivity index is 2.59. The number of alkyl halides is 1. The van der Waals surface area contributed by atoms with Gasteiger partial charge in [-0.2, -0.15) is 0 Å². The molecular formula is C15H20FNO4. The Morgan fingerprint density at radius 2 is 1.86 bits per heavy atom. The fourth-order valence-electron chi connectivity index (χ4n) is 2.67. The number of rotatable bonds is 6. The molecule has 1 amide bonds. The Kier molecular flexibility index (Phi) is 4.80. The average molecular weight is 297 g/mol. The molecule has 0 spiro atoms. The Hall–Kier alpha value is -1.66. The van der Waals surface area contributed by atoms with Crippen LogP contribution in [0.3, 0.4) is 0 Å². The van der Waals surface area contributed by atoms with Crippen LogP contribution < -0.4 is 10.1 Å². The highest BCUT2D eigenvalue weighted by Gasteiger charge is 2.34. The maximum absolute atomic E-state index is 14.1. The molecule has 1 unspecified atom stereocenters. The molecule has 5 nitrogen and oxygen atoms in total. The topological polar surface area (TPSA) is 56.8 Å². The van der Waals surface area contributed by atoms with E-state index in [4.69, 9.17) is 14.2 Å². The molecule has 1 aliphatic rings.